The third-order valence-corrected chi connectivity index (χ3v) is 1.88. The Morgan fingerprint density at radius 2 is 2.21 bits per heavy atom. The Bertz CT molecular complexity index is 426. The Kier molecular flexibility index (Phi) is 2.18. The van der Waals surface area contributed by atoms with Crippen LogP contribution >= 0.6 is 0 Å². The monoisotopic (exact) mass is 193 g/mol. The van der Waals surface area contributed by atoms with Crippen LogP contribution in [0.3, 0.4) is 0 Å². The molecule has 0 spiro atoms. The van der Waals surface area contributed by atoms with E-state index in [-0.39, 0.29) is 5.82 Å². The molecule has 0 saturated carbocycles. The second-order valence-electron chi connectivity index (χ2n) is 2.69. The first-order valence-electron chi connectivity index (χ1n) is 4.06. The number of nitrogens with zero attached hydrogens (tertiary/aromatic N) is 1. The molecule has 3 nitrogen and oxygen atoms in total. The number of benzene rings is 1. The first-order chi connectivity index (χ1) is 6.83. The summed E-state index contributed by atoms with van der Waals surface area (Å²) in [6.07, 6.45) is 1.46. The van der Waals surface area contributed by atoms with E-state index in [0.29, 0.717) is 17.1 Å². The molecular formula is C10H8FNO2. The van der Waals surface area contributed by atoms with Gasteiger partial charge in [-0.25, -0.2) is 4.39 Å². The molecule has 4 heteroatoms. The Hall–Kier alpha value is -1.84. The van der Waals surface area contributed by atoms with Crippen molar-refractivity contribution in [2.45, 2.75) is 0 Å². The zero-order valence-corrected chi connectivity index (χ0v) is 7.53. The lowest BCUT2D eigenvalue weighted by atomic mass is 10.1. The topological polar surface area (TPSA) is 35.3 Å². The fraction of sp³-hybridized carbons (Fsp3) is 0.100. The van der Waals surface area contributed by atoms with E-state index in [1.165, 1.54) is 19.4 Å². The van der Waals surface area contributed by atoms with E-state index in [1.807, 2.05) is 0 Å². The van der Waals surface area contributed by atoms with E-state index in [1.54, 1.807) is 18.2 Å². The van der Waals surface area contributed by atoms with Gasteiger partial charge in [-0.3, -0.25) is 0 Å². The number of halogens is 1. The molecule has 0 aliphatic rings. The van der Waals surface area contributed by atoms with Crippen LogP contribution in [0.2, 0.25) is 0 Å². The lowest BCUT2D eigenvalue weighted by Crippen LogP contribution is -1.90. The van der Waals surface area contributed by atoms with Crippen molar-refractivity contribution in [3.05, 3.63) is 36.3 Å². The summed E-state index contributed by atoms with van der Waals surface area (Å²) < 4.78 is 23.3. The van der Waals surface area contributed by atoms with E-state index in [0.717, 1.165) is 0 Å². The van der Waals surface area contributed by atoms with Crippen LogP contribution in [0, 0.1) is 5.82 Å². The molecule has 0 saturated heterocycles. The number of aromatic nitrogens is 1. The summed E-state index contributed by atoms with van der Waals surface area (Å²) >= 11 is 0. The lowest BCUT2D eigenvalue weighted by molar-refractivity contribution is 0.401. The van der Waals surface area contributed by atoms with Crippen molar-refractivity contribution in [3.63, 3.8) is 0 Å². The first-order valence-corrected chi connectivity index (χ1v) is 4.06. The Morgan fingerprint density at radius 3 is 2.86 bits per heavy atom. The summed E-state index contributed by atoms with van der Waals surface area (Å²) in [5.41, 5.74) is 0.299. The van der Waals surface area contributed by atoms with Crippen molar-refractivity contribution in [3.8, 4) is 17.1 Å². The van der Waals surface area contributed by atoms with Gasteiger partial charge in [-0.05, 0) is 12.1 Å². The van der Waals surface area contributed by atoms with Gasteiger partial charge in [0.2, 0.25) is 0 Å². The first kappa shape index (κ1) is 8.74. The summed E-state index contributed by atoms with van der Waals surface area (Å²) in [7, 11) is 1.48. The molecule has 0 amide bonds. The standard InChI is InChI=1S/C10H8FNO2/c1-13-8-4-2-3-7(11)10(8)9-5-6-12-14-9/h2-6H,1H3. The molecule has 2 rings (SSSR count). The lowest BCUT2D eigenvalue weighted by Gasteiger charge is -2.05. The van der Waals surface area contributed by atoms with E-state index in [2.05, 4.69) is 5.16 Å². The maximum Gasteiger partial charge on any atom is 0.173 e. The maximum atomic E-state index is 13.4. The highest BCUT2D eigenvalue weighted by Gasteiger charge is 2.14. The summed E-state index contributed by atoms with van der Waals surface area (Å²) in [6, 6.07) is 6.18. The molecule has 1 aromatic carbocycles. The van der Waals surface area contributed by atoms with Gasteiger partial charge in [0, 0.05) is 6.07 Å². The predicted octanol–water partition coefficient (Wildman–Crippen LogP) is 2.49. The number of ether oxygens (including phenoxy) is 1. The second-order valence-corrected chi connectivity index (χ2v) is 2.69. The van der Waals surface area contributed by atoms with Crippen molar-refractivity contribution in [1.82, 2.24) is 5.16 Å². The van der Waals surface area contributed by atoms with Gasteiger partial charge in [-0.2, -0.15) is 0 Å². The van der Waals surface area contributed by atoms with Crippen molar-refractivity contribution < 1.29 is 13.7 Å². The van der Waals surface area contributed by atoms with Crippen LogP contribution in [-0.2, 0) is 0 Å². The normalized spacial score (nSPS) is 10.1. The van der Waals surface area contributed by atoms with E-state index >= 15 is 0 Å². The van der Waals surface area contributed by atoms with Crippen molar-refractivity contribution in [1.29, 1.82) is 0 Å². The van der Waals surface area contributed by atoms with Gasteiger partial charge < -0.3 is 9.26 Å². The Balaban J connectivity index is 2.61. The van der Waals surface area contributed by atoms with Gasteiger partial charge in [0.25, 0.3) is 0 Å². The summed E-state index contributed by atoms with van der Waals surface area (Å²) in [4.78, 5) is 0. The van der Waals surface area contributed by atoms with Crippen molar-refractivity contribution in [2.24, 2.45) is 0 Å². The molecule has 1 heterocycles. The second kappa shape index (κ2) is 3.49. The average molecular weight is 193 g/mol. The van der Waals surface area contributed by atoms with Crippen LogP contribution < -0.4 is 4.74 Å². The van der Waals surface area contributed by atoms with E-state index in [9.17, 15) is 4.39 Å². The zero-order valence-electron chi connectivity index (χ0n) is 7.53. The molecule has 0 unspecified atom stereocenters. The third kappa shape index (κ3) is 1.35. The molecular weight excluding hydrogens is 185 g/mol. The Morgan fingerprint density at radius 1 is 1.36 bits per heavy atom. The summed E-state index contributed by atoms with van der Waals surface area (Å²) in [5, 5.41) is 3.52. The number of methoxy groups -OCH3 is 1. The van der Waals surface area contributed by atoms with E-state index in [4.69, 9.17) is 9.26 Å². The van der Waals surface area contributed by atoms with Crippen LogP contribution in [0.5, 0.6) is 5.75 Å². The minimum Gasteiger partial charge on any atom is -0.496 e. The molecule has 14 heavy (non-hydrogen) atoms. The highest BCUT2D eigenvalue weighted by atomic mass is 19.1. The smallest absolute Gasteiger partial charge is 0.173 e. The van der Waals surface area contributed by atoms with E-state index < -0.39 is 0 Å². The minimum absolute atomic E-state index is 0.299. The SMILES string of the molecule is COc1cccc(F)c1-c1ccno1. The van der Waals surface area contributed by atoms with Crippen LogP contribution in [0.4, 0.5) is 4.39 Å². The molecule has 0 aliphatic carbocycles. The van der Waals surface area contributed by atoms with Crippen molar-refractivity contribution in [2.75, 3.05) is 7.11 Å². The third-order valence-electron chi connectivity index (χ3n) is 1.88. The minimum atomic E-state index is -0.388. The number of rotatable bonds is 2. The molecule has 0 aliphatic heterocycles. The predicted molar refractivity (Wildman–Crippen MR) is 48.4 cm³/mol. The fourth-order valence-electron chi connectivity index (χ4n) is 1.26. The maximum absolute atomic E-state index is 13.4. The fourth-order valence-corrected chi connectivity index (χ4v) is 1.26. The van der Waals surface area contributed by atoms with Crippen LogP contribution in [0.25, 0.3) is 11.3 Å². The van der Waals surface area contributed by atoms with Gasteiger partial charge in [0.1, 0.15) is 11.6 Å². The zero-order chi connectivity index (χ0) is 9.97. The quantitative estimate of drug-likeness (QED) is 0.734. The Labute approximate surface area is 80.1 Å². The largest absolute Gasteiger partial charge is 0.496 e. The molecule has 72 valence electrons. The van der Waals surface area contributed by atoms with Gasteiger partial charge in [0.05, 0.1) is 18.9 Å². The van der Waals surface area contributed by atoms with Gasteiger partial charge in [-0.15, -0.1) is 0 Å². The summed E-state index contributed by atoms with van der Waals surface area (Å²) in [6.45, 7) is 0. The number of hydrogen-bond donors (Lipinski definition) is 0. The van der Waals surface area contributed by atoms with Crippen LogP contribution in [0.1, 0.15) is 0 Å². The van der Waals surface area contributed by atoms with Gasteiger partial charge in [0.15, 0.2) is 5.76 Å². The summed E-state index contributed by atoms with van der Waals surface area (Å²) in [5.74, 6) is 0.405. The molecule has 2 aromatic rings. The van der Waals surface area contributed by atoms with Crippen molar-refractivity contribution >= 4 is 0 Å². The average Bonchev–Trinajstić information content (AvgIpc) is 2.70. The molecule has 0 bridgehead atoms. The molecule has 0 fully saturated rings. The molecule has 0 atom stereocenters. The van der Waals surface area contributed by atoms with Crippen LogP contribution in [-0.4, -0.2) is 12.3 Å². The number of hydrogen-bond acceptors (Lipinski definition) is 3. The highest BCUT2D eigenvalue weighted by Crippen LogP contribution is 2.31. The molecule has 0 N–H and O–H groups in total. The van der Waals surface area contributed by atoms with Gasteiger partial charge in [-0.1, -0.05) is 11.2 Å². The van der Waals surface area contributed by atoms with Crippen LogP contribution in [0.15, 0.2) is 35.0 Å². The molecule has 1 aromatic heterocycles. The highest BCUT2D eigenvalue weighted by molar-refractivity contribution is 5.65. The van der Waals surface area contributed by atoms with Gasteiger partial charge >= 0.3 is 0 Å². The molecule has 0 radical (unpaired) electrons.